The first-order valence-corrected chi connectivity index (χ1v) is 14.0. The molecule has 1 aromatic heterocycles. The molecule has 0 radical (unpaired) electrons. The van der Waals surface area contributed by atoms with Crippen LogP contribution in [-0.2, 0) is 4.74 Å². The van der Waals surface area contributed by atoms with Gasteiger partial charge in [-0.25, -0.2) is 0 Å². The Hall–Kier alpha value is -2.22. The van der Waals surface area contributed by atoms with Gasteiger partial charge in [0, 0.05) is 50.7 Å². The van der Waals surface area contributed by atoms with Gasteiger partial charge in [-0.05, 0) is 31.4 Å². The molecule has 2 aromatic rings. The Kier molecular flexibility index (Phi) is 20.7. The van der Waals surface area contributed by atoms with Crippen LogP contribution in [-0.4, -0.2) is 68.6 Å². The third kappa shape index (κ3) is 14.4. The van der Waals surface area contributed by atoms with Crippen molar-refractivity contribution in [2.45, 2.75) is 61.3 Å². The van der Waals surface area contributed by atoms with Gasteiger partial charge in [0.2, 0.25) is 0 Å². The Morgan fingerprint density at radius 3 is 2.22 bits per heavy atom. The predicted octanol–water partition coefficient (Wildman–Crippen LogP) is 7.13. The largest absolute Gasteiger partial charge is 0.478 e. The van der Waals surface area contributed by atoms with Gasteiger partial charge in [-0.2, -0.15) is 0 Å². The van der Waals surface area contributed by atoms with E-state index in [9.17, 15) is 0 Å². The zero-order valence-electron chi connectivity index (χ0n) is 23.7. The molecule has 2 N–H and O–H groups in total. The molecule has 204 valence electrons. The molecular weight excluding hydrogens is 468 g/mol. The van der Waals surface area contributed by atoms with Crippen LogP contribution in [0.4, 0.5) is 5.69 Å². The minimum absolute atomic E-state index is 0.663. The normalized spacial score (nSPS) is 12.5. The van der Waals surface area contributed by atoms with Crippen molar-refractivity contribution in [1.82, 2.24) is 9.88 Å². The quantitative estimate of drug-likeness (QED) is 0.259. The van der Waals surface area contributed by atoms with Gasteiger partial charge in [0.15, 0.2) is 5.88 Å². The Labute approximate surface area is 225 Å². The lowest BCUT2D eigenvalue weighted by Gasteiger charge is -2.26. The maximum atomic E-state index is 6.92. The summed E-state index contributed by atoms with van der Waals surface area (Å²) in [6.07, 6.45) is 3.60. The summed E-state index contributed by atoms with van der Waals surface area (Å²) in [4.78, 5) is 7.88. The second kappa shape index (κ2) is 22.0. The van der Waals surface area contributed by atoms with E-state index in [1.165, 1.54) is 11.8 Å². The number of nitrogens with zero attached hydrogens (tertiary/aromatic N) is 2. The number of hydrogen-bond acceptors (Lipinski definition) is 6. The van der Waals surface area contributed by atoms with E-state index in [0.717, 1.165) is 80.6 Å². The van der Waals surface area contributed by atoms with Crippen LogP contribution in [0.1, 0.15) is 65.5 Å². The number of aromatic nitrogens is 1. The molecule has 7 heteroatoms. The maximum absolute atomic E-state index is 6.92. The van der Waals surface area contributed by atoms with E-state index in [1.807, 2.05) is 65.0 Å². The molecule has 0 aliphatic carbocycles. The summed E-state index contributed by atoms with van der Waals surface area (Å²) < 4.78 is 12.0. The number of ether oxygens (including phenoxy) is 2. The van der Waals surface area contributed by atoms with Gasteiger partial charge in [-0.15, -0.1) is 0 Å². The lowest BCUT2D eigenvalue weighted by Crippen LogP contribution is -2.38. The monoisotopic (exact) mass is 518 g/mol. The number of benzene rings is 1. The number of morpholine rings is 1. The summed E-state index contributed by atoms with van der Waals surface area (Å²) >= 11 is 5.36. The molecule has 1 saturated heterocycles. The number of aromatic amines is 1. The van der Waals surface area contributed by atoms with E-state index in [2.05, 4.69) is 34.7 Å². The zero-order valence-corrected chi connectivity index (χ0v) is 24.5. The molecule has 0 amide bonds. The number of nitrogens with one attached hydrogen (secondary N) is 2. The molecule has 1 aromatic carbocycles. The Morgan fingerprint density at radius 2 is 1.69 bits per heavy atom. The van der Waals surface area contributed by atoms with E-state index in [0.29, 0.717) is 6.61 Å². The third-order valence-corrected chi connectivity index (χ3v) is 5.35. The molecule has 0 spiro atoms. The van der Waals surface area contributed by atoms with Gasteiger partial charge in [-0.1, -0.05) is 83.6 Å². The van der Waals surface area contributed by atoms with E-state index in [1.54, 1.807) is 0 Å². The first-order valence-electron chi connectivity index (χ1n) is 13.5. The van der Waals surface area contributed by atoms with Gasteiger partial charge in [0.1, 0.15) is 11.2 Å². The Morgan fingerprint density at radius 1 is 1.06 bits per heavy atom. The van der Waals surface area contributed by atoms with Crippen molar-refractivity contribution in [2.75, 3.05) is 57.4 Å². The molecule has 36 heavy (non-hydrogen) atoms. The summed E-state index contributed by atoms with van der Waals surface area (Å²) in [5.41, 5.74) is 3.32. The average Bonchev–Trinajstić information content (AvgIpc) is 2.91. The fourth-order valence-electron chi connectivity index (χ4n) is 3.54. The molecule has 0 saturated carbocycles. The molecule has 1 aliphatic heterocycles. The summed E-state index contributed by atoms with van der Waals surface area (Å²) in [7, 11) is 0. The standard InChI is InChI=1S/C17H29N3O2S.C8H9N.2C2H6/c1-3-5-20(6-4-2)15-13-16(18-17(23)14-15)22-12-9-19-7-10-21-11-8-19;1-7-3-2-4-8(5-7)6-9;2*1-2/h13-14H,3-12H2,1-2H3,(H,18,23);2-6,9H,1H3;2*1-2H3. The topological polar surface area (TPSA) is 64.6 Å². The molecule has 3 rings (SSSR count). The smallest absolute Gasteiger partial charge is 0.193 e. The summed E-state index contributed by atoms with van der Waals surface area (Å²) in [6, 6.07) is 12.0. The van der Waals surface area contributed by atoms with Gasteiger partial charge in [0.05, 0.1) is 13.2 Å². The van der Waals surface area contributed by atoms with E-state index in [4.69, 9.17) is 27.1 Å². The highest BCUT2D eigenvalue weighted by Gasteiger charge is 2.11. The number of anilines is 1. The second-order valence-electron chi connectivity index (χ2n) is 7.92. The molecule has 0 unspecified atom stereocenters. The molecule has 1 aliphatic rings. The van der Waals surface area contributed by atoms with Crippen molar-refractivity contribution in [3.8, 4) is 5.88 Å². The van der Waals surface area contributed by atoms with Gasteiger partial charge < -0.3 is 24.8 Å². The molecular formula is C29H50N4O2S. The first kappa shape index (κ1) is 33.8. The summed E-state index contributed by atoms with van der Waals surface area (Å²) in [5.74, 6) is 0.762. The van der Waals surface area contributed by atoms with E-state index < -0.39 is 0 Å². The van der Waals surface area contributed by atoms with Crippen LogP contribution in [0.15, 0.2) is 36.4 Å². The van der Waals surface area contributed by atoms with Crippen molar-refractivity contribution in [3.05, 3.63) is 52.2 Å². The average molecular weight is 519 g/mol. The Balaban J connectivity index is 0.000000783. The highest BCUT2D eigenvalue weighted by atomic mass is 32.1. The van der Waals surface area contributed by atoms with Crippen molar-refractivity contribution >= 4 is 24.1 Å². The Bertz CT molecular complexity index is 860. The number of H-pyrrole nitrogens is 1. The summed E-state index contributed by atoms with van der Waals surface area (Å²) in [5, 5.41) is 6.92. The van der Waals surface area contributed by atoms with E-state index >= 15 is 0 Å². The molecule has 2 heterocycles. The highest BCUT2D eigenvalue weighted by Crippen LogP contribution is 2.20. The van der Waals surface area contributed by atoms with Crippen molar-refractivity contribution in [3.63, 3.8) is 0 Å². The third-order valence-electron chi connectivity index (χ3n) is 5.13. The SMILES string of the molecule is CC.CC.CCCN(CCC)c1cc(OCCN2CCOCC2)[nH]c(=S)c1.Cc1cccc(C=N)c1. The maximum Gasteiger partial charge on any atom is 0.193 e. The molecule has 0 atom stereocenters. The van der Waals surface area contributed by atoms with Crippen molar-refractivity contribution in [1.29, 1.82) is 5.41 Å². The van der Waals surface area contributed by atoms with Crippen LogP contribution in [0.5, 0.6) is 5.88 Å². The van der Waals surface area contributed by atoms with E-state index in [-0.39, 0.29) is 0 Å². The number of hydrogen-bond donors (Lipinski definition) is 2. The van der Waals surface area contributed by atoms with Crippen LogP contribution in [0.3, 0.4) is 0 Å². The minimum atomic E-state index is 0.663. The predicted molar refractivity (Wildman–Crippen MR) is 159 cm³/mol. The van der Waals surface area contributed by atoms with Gasteiger partial charge >= 0.3 is 0 Å². The fourth-order valence-corrected chi connectivity index (χ4v) is 3.76. The first-order chi connectivity index (χ1) is 17.5. The second-order valence-corrected chi connectivity index (χ2v) is 8.35. The highest BCUT2D eigenvalue weighted by molar-refractivity contribution is 7.71. The van der Waals surface area contributed by atoms with Crippen LogP contribution in [0, 0.1) is 17.0 Å². The lowest BCUT2D eigenvalue weighted by molar-refractivity contribution is 0.0320. The van der Waals surface area contributed by atoms with Crippen molar-refractivity contribution in [2.24, 2.45) is 0 Å². The molecule has 1 fully saturated rings. The van der Waals surface area contributed by atoms with Crippen LogP contribution < -0.4 is 9.64 Å². The van der Waals surface area contributed by atoms with Crippen LogP contribution in [0.25, 0.3) is 0 Å². The van der Waals surface area contributed by atoms with Gasteiger partial charge in [-0.3, -0.25) is 4.90 Å². The fraction of sp³-hybridized carbons (Fsp3) is 0.586. The number of aryl methyl sites for hydroxylation is 1. The number of pyridine rings is 1. The van der Waals surface area contributed by atoms with Crippen LogP contribution >= 0.6 is 12.2 Å². The zero-order chi connectivity index (χ0) is 27.2. The molecule has 6 nitrogen and oxygen atoms in total. The number of rotatable bonds is 10. The molecule has 0 bridgehead atoms. The summed E-state index contributed by atoms with van der Waals surface area (Å²) in [6.45, 7) is 21.7. The van der Waals surface area contributed by atoms with Gasteiger partial charge in [0.25, 0.3) is 0 Å². The minimum Gasteiger partial charge on any atom is -0.478 e. The van der Waals surface area contributed by atoms with Crippen LogP contribution in [0.2, 0.25) is 0 Å². The lowest BCUT2D eigenvalue weighted by atomic mass is 10.2. The van der Waals surface area contributed by atoms with Crippen molar-refractivity contribution < 1.29 is 9.47 Å².